The van der Waals surface area contributed by atoms with Crippen molar-refractivity contribution in [3.63, 3.8) is 0 Å². The minimum Gasteiger partial charge on any atom is -0.488 e. The minimum absolute atomic E-state index is 0.0826. The van der Waals surface area contributed by atoms with Crippen LogP contribution in [-0.2, 0) is 6.54 Å². The van der Waals surface area contributed by atoms with Crippen LogP contribution in [0.15, 0.2) is 24.7 Å². The van der Waals surface area contributed by atoms with Gasteiger partial charge in [-0.2, -0.15) is 0 Å². The number of halogens is 1. The van der Waals surface area contributed by atoms with Gasteiger partial charge in [0.1, 0.15) is 6.61 Å². The molecule has 0 unspecified atom stereocenters. The molecular formula is C12H9FN2O3. The Kier molecular flexibility index (Phi) is 2.29. The maximum Gasteiger partial charge on any atom is 0.335 e. The van der Waals surface area contributed by atoms with Crippen molar-refractivity contribution in [1.29, 1.82) is 0 Å². The fourth-order valence-electron chi connectivity index (χ4n) is 2.02. The standard InChI is InChI=1S/C12H9FN2O3/c13-9-4-7(12(16)17)3-8-10-5-14-6-15(10)1-2-18-11(8)9/h3-6H,1-2H2,(H,16,17). The van der Waals surface area contributed by atoms with Gasteiger partial charge >= 0.3 is 5.97 Å². The Morgan fingerprint density at radius 1 is 1.50 bits per heavy atom. The van der Waals surface area contributed by atoms with Crippen molar-refractivity contribution in [2.45, 2.75) is 6.54 Å². The van der Waals surface area contributed by atoms with Crippen LogP contribution < -0.4 is 4.74 Å². The third-order valence-corrected chi connectivity index (χ3v) is 2.86. The van der Waals surface area contributed by atoms with Gasteiger partial charge in [-0.25, -0.2) is 14.2 Å². The van der Waals surface area contributed by atoms with Crippen molar-refractivity contribution in [2.24, 2.45) is 0 Å². The maximum absolute atomic E-state index is 13.9. The fraction of sp³-hybridized carbons (Fsp3) is 0.167. The van der Waals surface area contributed by atoms with E-state index in [4.69, 9.17) is 9.84 Å². The van der Waals surface area contributed by atoms with Crippen LogP contribution in [0, 0.1) is 5.82 Å². The van der Waals surface area contributed by atoms with Gasteiger partial charge in [-0.3, -0.25) is 0 Å². The highest BCUT2D eigenvalue weighted by Gasteiger charge is 2.21. The van der Waals surface area contributed by atoms with E-state index in [1.54, 1.807) is 17.1 Å². The van der Waals surface area contributed by atoms with Crippen molar-refractivity contribution < 1.29 is 19.0 Å². The molecule has 3 rings (SSSR count). The average Bonchev–Trinajstić information content (AvgIpc) is 2.72. The maximum atomic E-state index is 13.9. The highest BCUT2D eigenvalue weighted by molar-refractivity contribution is 5.90. The summed E-state index contributed by atoms with van der Waals surface area (Å²) in [5.74, 6) is -1.76. The van der Waals surface area contributed by atoms with Crippen LogP contribution in [0.5, 0.6) is 5.75 Å². The summed E-state index contributed by atoms with van der Waals surface area (Å²) >= 11 is 0. The molecule has 0 spiro atoms. The number of ether oxygens (including phenoxy) is 1. The first-order valence-electron chi connectivity index (χ1n) is 5.37. The van der Waals surface area contributed by atoms with Crippen molar-refractivity contribution in [3.05, 3.63) is 36.0 Å². The molecule has 18 heavy (non-hydrogen) atoms. The number of imidazole rings is 1. The third-order valence-electron chi connectivity index (χ3n) is 2.86. The predicted molar refractivity (Wildman–Crippen MR) is 60.1 cm³/mol. The normalized spacial score (nSPS) is 13.2. The molecule has 0 aliphatic carbocycles. The molecule has 2 aromatic rings. The molecule has 1 aromatic carbocycles. The van der Waals surface area contributed by atoms with E-state index in [0.29, 0.717) is 24.4 Å². The quantitative estimate of drug-likeness (QED) is 0.835. The van der Waals surface area contributed by atoms with Gasteiger partial charge in [-0.15, -0.1) is 0 Å². The van der Waals surface area contributed by atoms with E-state index in [1.807, 2.05) is 0 Å². The van der Waals surface area contributed by atoms with Gasteiger partial charge in [-0.1, -0.05) is 0 Å². The summed E-state index contributed by atoms with van der Waals surface area (Å²) in [6.07, 6.45) is 3.18. The van der Waals surface area contributed by atoms with Gasteiger partial charge in [0.15, 0.2) is 11.6 Å². The van der Waals surface area contributed by atoms with Gasteiger partial charge in [0.25, 0.3) is 0 Å². The second kappa shape index (κ2) is 3.83. The first-order chi connectivity index (χ1) is 8.66. The molecule has 1 N–H and O–H groups in total. The van der Waals surface area contributed by atoms with Crippen LogP contribution in [-0.4, -0.2) is 27.2 Å². The molecule has 0 saturated heterocycles. The molecule has 2 heterocycles. The molecule has 1 aromatic heterocycles. The van der Waals surface area contributed by atoms with Gasteiger partial charge in [0.05, 0.1) is 30.3 Å². The van der Waals surface area contributed by atoms with Crippen molar-refractivity contribution in [2.75, 3.05) is 6.61 Å². The molecule has 1 aliphatic rings. The summed E-state index contributed by atoms with van der Waals surface area (Å²) in [5.41, 5.74) is 0.969. The van der Waals surface area contributed by atoms with Gasteiger partial charge in [0.2, 0.25) is 0 Å². The fourth-order valence-corrected chi connectivity index (χ4v) is 2.02. The van der Waals surface area contributed by atoms with Gasteiger partial charge < -0.3 is 14.4 Å². The third kappa shape index (κ3) is 1.54. The summed E-state index contributed by atoms with van der Waals surface area (Å²) in [5, 5.41) is 8.95. The second-order valence-electron chi connectivity index (χ2n) is 3.96. The lowest BCUT2D eigenvalue weighted by Crippen LogP contribution is -2.05. The number of rotatable bonds is 1. The number of hydrogen-bond donors (Lipinski definition) is 1. The Labute approximate surface area is 101 Å². The van der Waals surface area contributed by atoms with E-state index in [1.165, 1.54) is 6.07 Å². The van der Waals surface area contributed by atoms with E-state index in [-0.39, 0.29) is 11.3 Å². The number of fused-ring (bicyclic) bond motifs is 3. The first kappa shape index (κ1) is 10.8. The van der Waals surface area contributed by atoms with Crippen molar-refractivity contribution in [3.8, 4) is 17.0 Å². The first-order valence-corrected chi connectivity index (χ1v) is 5.37. The Morgan fingerprint density at radius 2 is 2.33 bits per heavy atom. The molecule has 0 saturated carbocycles. The van der Waals surface area contributed by atoms with Crippen LogP contribution in [0.1, 0.15) is 10.4 Å². The zero-order valence-corrected chi connectivity index (χ0v) is 9.26. The van der Waals surface area contributed by atoms with Gasteiger partial charge in [-0.05, 0) is 12.1 Å². The smallest absolute Gasteiger partial charge is 0.335 e. The minimum atomic E-state index is -1.17. The molecule has 92 valence electrons. The zero-order valence-electron chi connectivity index (χ0n) is 9.26. The molecule has 5 nitrogen and oxygen atoms in total. The Hall–Kier alpha value is -2.37. The lowest BCUT2D eigenvalue weighted by Gasteiger charge is -2.08. The van der Waals surface area contributed by atoms with Crippen LogP contribution in [0.4, 0.5) is 4.39 Å². The Morgan fingerprint density at radius 3 is 3.11 bits per heavy atom. The van der Waals surface area contributed by atoms with Gasteiger partial charge in [0, 0.05) is 5.56 Å². The van der Waals surface area contributed by atoms with E-state index in [2.05, 4.69) is 4.98 Å². The Balaban J connectivity index is 2.28. The largest absolute Gasteiger partial charge is 0.488 e. The van der Waals surface area contributed by atoms with E-state index >= 15 is 0 Å². The van der Waals surface area contributed by atoms with Crippen molar-refractivity contribution in [1.82, 2.24) is 9.55 Å². The molecule has 0 atom stereocenters. The number of carboxylic acid groups (broad SMARTS) is 1. The number of carbonyl (C=O) groups is 1. The average molecular weight is 248 g/mol. The van der Waals surface area contributed by atoms with E-state index in [0.717, 1.165) is 6.07 Å². The van der Waals surface area contributed by atoms with E-state index in [9.17, 15) is 9.18 Å². The number of aromatic nitrogens is 2. The Bertz CT molecular complexity index is 636. The van der Waals surface area contributed by atoms with Crippen molar-refractivity contribution >= 4 is 5.97 Å². The number of nitrogens with zero attached hydrogens (tertiary/aromatic N) is 2. The molecule has 6 heteroatoms. The monoisotopic (exact) mass is 248 g/mol. The SMILES string of the molecule is O=C(O)c1cc(F)c2c(c1)-c1cncn1CCO2. The summed E-state index contributed by atoms with van der Waals surface area (Å²) in [4.78, 5) is 14.9. The predicted octanol–water partition coefficient (Wildman–Crippen LogP) is 1.78. The summed E-state index contributed by atoms with van der Waals surface area (Å²) in [6, 6.07) is 2.37. The summed E-state index contributed by atoms with van der Waals surface area (Å²) in [6.45, 7) is 0.867. The van der Waals surface area contributed by atoms with Crippen LogP contribution >= 0.6 is 0 Å². The molecule has 0 radical (unpaired) electrons. The highest BCUT2D eigenvalue weighted by atomic mass is 19.1. The summed E-state index contributed by atoms with van der Waals surface area (Å²) in [7, 11) is 0. The number of hydrogen-bond acceptors (Lipinski definition) is 3. The molecule has 1 aliphatic heterocycles. The number of aromatic carboxylic acids is 1. The molecule has 0 fully saturated rings. The molecule has 0 amide bonds. The molecular weight excluding hydrogens is 239 g/mol. The zero-order chi connectivity index (χ0) is 12.7. The van der Waals surface area contributed by atoms with E-state index < -0.39 is 11.8 Å². The van der Waals surface area contributed by atoms with Crippen LogP contribution in [0.3, 0.4) is 0 Å². The second-order valence-corrected chi connectivity index (χ2v) is 3.96. The summed E-state index contributed by atoms with van der Waals surface area (Å²) < 4.78 is 21.0. The van der Waals surface area contributed by atoms with Crippen LogP contribution in [0.25, 0.3) is 11.3 Å². The highest BCUT2D eigenvalue weighted by Crippen LogP contribution is 2.35. The lowest BCUT2D eigenvalue weighted by molar-refractivity contribution is 0.0696. The lowest BCUT2D eigenvalue weighted by atomic mass is 10.1. The topological polar surface area (TPSA) is 64.3 Å². The van der Waals surface area contributed by atoms with Crippen LogP contribution in [0.2, 0.25) is 0 Å². The number of benzene rings is 1. The molecule has 0 bridgehead atoms. The number of carboxylic acids is 1.